The van der Waals surface area contributed by atoms with Crippen molar-refractivity contribution in [3.63, 3.8) is 0 Å². The third kappa shape index (κ3) is 3.75. The summed E-state index contributed by atoms with van der Waals surface area (Å²) in [5.41, 5.74) is 3.67. The van der Waals surface area contributed by atoms with Crippen LogP contribution in [0.3, 0.4) is 0 Å². The highest BCUT2D eigenvalue weighted by Gasteiger charge is 2.15. The summed E-state index contributed by atoms with van der Waals surface area (Å²) in [7, 11) is 0. The fourth-order valence-corrected chi connectivity index (χ4v) is 2.47. The maximum absolute atomic E-state index is 12.6. The molecule has 2 N–H and O–H groups in total. The number of benzene rings is 1. The Morgan fingerprint density at radius 3 is 2.69 bits per heavy atom. The first kappa shape index (κ1) is 17.7. The average Bonchev–Trinajstić information content (AvgIpc) is 3.07. The molecule has 0 fully saturated rings. The lowest BCUT2D eigenvalue weighted by Crippen LogP contribution is -2.35. The van der Waals surface area contributed by atoms with Gasteiger partial charge in [-0.15, -0.1) is 5.10 Å². The van der Waals surface area contributed by atoms with Gasteiger partial charge in [-0.2, -0.15) is 4.68 Å². The minimum absolute atomic E-state index is 0.135. The van der Waals surface area contributed by atoms with Crippen LogP contribution in [0.2, 0.25) is 0 Å². The molecule has 1 aromatic carbocycles. The monoisotopic (exact) mass is 352 g/mol. The van der Waals surface area contributed by atoms with Gasteiger partial charge in [0.2, 0.25) is 0 Å². The van der Waals surface area contributed by atoms with E-state index in [1.54, 1.807) is 36.9 Å². The highest BCUT2D eigenvalue weighted by Crippen LogP contribution is 2.23. The van der Waals surface area contributed by atoms with Crippen molar-refractivity contribution in [2.24, 2.45) is 0 Å². The summed E-state index contributed by atoms with van der Waals surface area (Å²) in [4.78, 5) is 17.0. The van der Waals surface area contributed by atoms with Gasteiger partial charge < -0.3 is 10.4 Å². The Morgan fingerprint density at radius 2 is 2.08 bits per heavy atom. The Balaban J connectivity index is 2.09. The van der Waals surface area contributed by atoms with Gasteiger partial charge in [0.05, 0.1) is 18.0 Å². The van der Waals surface area contributed by atoms with Crippen molar-refractivity contribution in [3.05, 3.63) is 53.5 Å². The molecule has 1 atom stereocenters. The van der Waals surface area contributed by atoms with E-state index in [-0.39, 0.29) is 18.6 Å². The molecule has 0 bridgehead atoms. The zero-order valence-corrected chi connectivity index (χ0v) is 14.8. The van der Waals surface area contributed by atoms with Gasteiger partial charge in [-0.05, 0) is 61.0 Å². The predicted octanol–water partition coefficient (Wildman–Crippen LogP) is 1.45. The second kappa shape index (κ2) is 7.40. The number of pyridine rings is 1. The number of aryl methyl sites for hydroxylation is 2. The third-order valence-corrected chi connectivity index (χ3v) is 3.91. The predicted molar refractivity (Wildman–Crippen MR) is 95.9 cm³/mol. The number of amides is 1. The molecule has 2 aromatic heterocycles. The highest BCUT2D eigenvalue weighted by molar-refractivity contribution is 5.96. The number of carbonyl (C=O) groups is 1. The molecular formula is C18H20N6O2. The topological polar surface area (TPSA) is 106 Å². The van der Waals surface area contributed by atoms with Crippen LogP contribution >= 0.6 is 0 Å². The number of aliphatic hydroxyl groups excluding tert-OH is 1. The number of rotatable bonds is 5. The summed E-state index contributed by atoms with van der Waals surface area (Å²) in [5.74, 6) is 0.321. The van der Waals surface area contributed by atoms with Crippen LogP contribution in [0.4, 0.5) is 0 Å². The lowest BCUT2D eigenvalue weighted by atomic mass is 10.0. The Labute approximate surface area is 150 Å². The van der Waals surface area contributed by atoms with Gasteiger partial charge in [0, 0.05) is 23.4 Å². The standard InChI is InChI=1S/C18H20N6O2/c1-11-4-5-17(19-9-11)14-6-15(18(26)20-12(2)10-25)8-16(7-14)24-13(3)21-22-23-24/h4-9,12,25H,10H2,1-3H3,(H,20,26). The first-order valence-corrected chi connectivity index (χ1v) is 8.23. The van der Waals surface area contributed by atoms with Gasteiger partial charge >= 0.3 is 0 Å². The van der Waals surface area contributed by atoms with Crippen molar-refractivity contribution in [1.82, 2.24) is 30.5 Å². The Hall–Kier alpha value is -3.13. The quantitative estimate of drug-likeness (QED) is 0.720. The molecule has 3 rings (SSSR count). The fraction of sp³-hybridized carbons (Fsp3) is 0.278. The number of nitrogens with zero attached hydrogens (tertiary/aromatic N) is 5. The van der Waals surface area contributed by atoms with E-state index in [4.69, 9.17) is 0 Å². The van der Waals surface area contributed by atoms with Crippen LogP contribution in [0.25, 0.3) is 16.9 Å². The van der Waals surface area contributed by atoms with Crippen molar-refractivity contribution in [1.29, 1.82) is 0 Å². The van der Waals surface area contributed by atoms with E-state index in [9.17, 15) is 9.90 Å². The summed E-state index contributed by atoms with van der Waals surface area (Å²) in [6.07, 6.45) is 1.78. The molecule has 0 spiro atoms. The molecule has 0 aliphatic carbocycles. The lowest BCUT2D eigenvalue weighted by molar-refractivity contribution is 0.0922. The van der Waals surface area contributed by atoms with Gasteiger partial charge in [-0.1, -0.05) is 6.07 Å². The minimum atomic E-state index is -0.345. The van der Waals surface area contributed by atoms with Crippen LogP contribution in [0.5, 0.6) is 0 Å². The number of aromatic nitrogens is 5. The summed E-state index contributed by atoms with van der Waals surface area (Å²) in [5, 5.41) is 23.5. The van der Waals surface area contributed by atoms with E-state index in [1.165, 1.54) is 0 Å². The SMILES string of the molecule is Cc1ccc(-c2cc(C(=O)NC(C)CO)cc(-n3nnnc3C)c2)nc1. The first-order valence-electron chi connectivity index (χ1n) is 8.23. The molecule has 0 saturated carbocycles. The zero-order chi connectivity index (χ0) is 18.7. The molecule has 3 aromatic rings. The van der Waals surface area contributed by atoms with Gasteiger partial charge in [-0.3, -0.25) is 9.78 Å². The summed E-state index contributed by atoms with van der Waals surface area (Å²) >= 11 is 0. The van der Waals surface area contributed by atoms with Crippen molar-refractivity contribution >= 4 is 5.91 Å². The van der Waals surface area contributed by atoms with Crippen LogP contribution in [-0.2, 0) is 0 Å². The number of hydrogen-bond acceptors (Lipinski definition) is 6. The molecule has 8 nitrogen and oxygen atoms in total. The van der Waals surface area contributed by atoms with E-state index in [2.05, 4.69) is 25.8 Å². The Kier molecular flexibility index (Phi) is 5.04. The normalized spacial score (nSPS) is 12.0. The van der Waals surface area contributed by atoms with E-state index in [0.29, 0.717) is 17.1 Å². The molecule has 26 heavy (non-hydrogen) atoms. The van der Waals surface area contributed by atoms with Crippen LogP contribution in [0.15, 0.2) is 36.5 Å². The average molecular weight is 352 g/mol. The highest BCUT2D eigenvalue weighted by atomic mass is 16.3. The zero-order valence-electron chi connectivity index (χ0n) is 14.8. The number of tetrazole rings is 1. The second-order valence-corrected chi connectivity index (χ2v) is 6.18. The number of aliphatic hydroxyl groups is 1. The van der Waals surface area contributed by atoms with Crippen molar-refractivity contribution in [3.8, 4) is 16.9 Å². The molecule has 2 heterocycles. The molecule has 8 heteroatoms. The smallest absolute Gasteiger partial charge is 0.251 e. The molecular weight excluding hydrogens is 332 g/mol. The molecule has 1 amide bonds. The first-order chi connectivity index (χ1) is 12.5. The molecule has 134 valence electrons. The van der Waals surface area contributed by atoms with Gasteiger partial charge in [0.1, 0.15) is 0 Å². The van der Waals surface area contributed by atoms with Gasteiger partial charge in [0.15, 0.2) is 5.82 Å². The molecule has 0 aliphatic rings. The Morgan fingerprint density at radius 1 is 1.27 bits per heavy atom. The van der Waals surface area contributed by atoms with Crippen LogP contribution in [0, 0.1) is 13.8 Å². The fourth-order valence-electron chi connectivity index (χ4n) is 2.47. The summed E-state index contributed by atoms with van der Waals surface area (Å²) in [6, 6.07) is 8.87. The van der Waals surface area contributed by atoms with Crippen LogP contribution in [-0.4, -0.2) is 48.9 Å². The molecule has 0 aliphatic heterocycles. The summed E-state index contributed by atoms with van der Waals surface area (Å²) < 4.78 is 1.56. The van der Waals surface area contributed by atoms with E-state index < -0.39 is 0 Å². The lowest BCUT2D eigenvalue weighted by Gasteiger charge is -2.13. The van der Waals surface area contributed by atoms with Crippen molar-refractivity contribution < 1.29 is 9.90 Å². The largest absolute Gasteiger partial charge is 0.394 e. The maximum atomic E-state index is 12.6. The molecule has 0 radical (unpaired) electrons. The van der Waals surface area contributed by atoms with E-state index in [1.807, 2.05) is 25.1 Å². The van der Waals surface area contributed by atoms with Gasteiger partial charge in [0.25, 0.3) is 5.91 Å². The molecule has 1 unspecified atom stereocenters. The minimum Gasteiger partial charge on any atom is -0.394 e. The maximum Gasteiger partial charge on any atom is 0.251 e. The number of hydrogen-bond donors (Lipinski definition) is 2. The van der Waals surface area contributed by atoms with Crippen molar-refractivity contribution in [2.45, 2.75) is 26.8 Å². The van der Waals surface area contributed by atoms with Crippen LogP contribution in [0.1, 0.15) is 28.7 Å². The van der Waals surface area contributed by atoms with Crippen LogP contribution < -0.4 is 5.32 Å². The van der Waals surface area contributed by atoms with E-state index >= 15 is 0 Å². The van der Waals surface area contributed by atoms with Gasteiger partial charge in [-0.25, -0.2) is 0 Å². The Bertz CT molecular complexity index is 920. The molecule has 0 saturated heterocycles. The number of nitrogens with one attached hydrogen (secondary N) is 1. The third-order valence-electron chi connectivity index (χ3n) is 3.91. The second-order valence-electron chi connectivity index (χ2n) is 6.18. The van der Waals surface area contributed by atoms with E-state index in [0.717, 1.165) is 16.8 Å². The number of carbonyl (C=O) groups excluding carboxylic acids is 1. The van der Waals surface area contributed by atoms with Crippen molar-refractivity contribution in [2.75, 3.05) is 6.61 Å². The summed E-state index contributed by atoms with van der Waals surface area (Å²) in [6.45, 7) is 5.34.